The van der Waals surface area contributed by atoms with Crippen LogP contribution in [0.5, 0.6) is 11.5 Å². The Labute approximate surface area is 140 Å². The minimum Gasteiger partial charge on any atom is -0.493 e. The molecule has 1 amide bonds. The molecule has 2 N–H and O–H groups in total. The van der Waals surface area contributed by atoms with E-state index in [1.54, 1.807) is 39.3 Å². The predicted molar refractivity (Wildman–Crippen MR) is 90.9 cm³/mol. The number of benzene rings is 2. The summed E-state index contributed by atoms with van der Waals surface area (Å²) in [6.07, 6.45) is 0. The van der Waals surface area contributed by atoms with E-state index in [-0.39, 0.29) is 11.6 Å². The van der Waals surface area contributed by atoms with Crippen LogP contribution >= 0.6 is 0 Å². The van der Waals surface area contributed by atoms with Crippen LogP contribution in [0.15, 0.2) is 42.5 Å². The first kappa shape index (κ1) is 17.7. The van der Waals surface area contributed by atoms with E-state index in [1.807, 2.05) is 12.1 Å². The van der Waals surface area contributed by atoms with Crippen molar-refractivity contribution in [1.29, 1.82) is 0 Å². The van der Waals surface area contributed by atoms with E-state index >= 15 is 0 Å². The van der Waals surface area contributed by atoms with Gasteiger partial charge < -0.3 is 20.1 Å². The summed E-state index contributed by atoms with van der Waals surface area (Å²) in [4.78, 5) is 12.1. The van der Waals surface area contributed by atoms with E-state index in [0.29, 0.717) is 18.0 Å². The van der Waals surface area contributed by atoms with Gasteiger partial charge in [-0.3, -0.25) is 4.79 Å². The molecule has 24 heavy (non-hydrogen) atoms. The summed E-state index contributed by atoms with van der Waals surface area (Å²) >= 11 is 0. The SMILES string of the molecule is COc1ccc(CN[C@H](C)C(=O)Nc2ccccc2F)cc1OC. The van der Waals surface area contributed by atoms with Crippen LogP contribution in [0.4, 0.5) is 10.1 Å². The third kappa shape index (κ3) is 4.45. The van der Waals surface area contributed by atoms with Gasteiger partial charge in [0.2, 0.25) is 5.91 Å². The number of carbonyl (C=O) groups excluding carboxylic acids is 1. The number of hydrogen-bond donors (Lipinski definition) is 2. The Bertz CT molecular complexity index is 706. The van der Waals surface area contributed by atoms with Gasteiger partial charge in [0, 0.05) is 6.54 Å². The average Bonchev–Trinajstić information content (AvgIpc) is 2.61. The lowest BCUT2D eigenvalue weighted by atomic mass is 10.2. The lowest BCUT2D eigenvalue weighted by Gasteiger charge is -2.15. The standard InChI is InChI=1S/C18H21FN2O3/c1-12(18(22)21-15-7-5-4-6-14(15)19)20-11-13-8-9-16(23-2)17(10-13)24-3/h4-10,12,20H,11H2,1-3H3,(H,21,22)/t12-/m1/s1. The van der Waals surface area contributed by atoms with Gasteiger partial charge in [-0.15, -0.1) is 0 Å². The maximum atomic E-state index is 13.6. The molecule has 0 saturated heterocycles. The van der Waals surface area contributed by atoms with Crippen LogP contribution in [0, 0.1) is 5.82 Å². The second-order valence-electron chi connectivity index (χ2n) is 5.26. The quantitative estimate of drug-likeness (QED) is 0.818. The summed E-state index contributed by atoms with van der Waals surface area (Å²) in [7, 11) is 3.14. The number of nitrogens with one attached hydrogen (secondary N) is 2. The van der Waals surface area contributed by atoms with Crippen molar-refractivity contribution in [3.8, 4) is 11.5 Å². The van der Waals surface area contributed by atoms with Crippen LogP contribution in [0.25, 0.3) is 0 Å². The summed E-state index contributed by atoms with van der Waals surface area (Å²) < 4.78 is 24.0. The Balaban J connectivity index is 1.94. The van der Waals surface area contributed by atoms with E-state index in [0.717, 1.165) is 5.56 Å². The molecule has 0 spiro atoms. The summed E-state index contributed by atoms with van der Waals surface area (Å²) in [6, 6.07) is 11.1. The van der Waals surface area contributed by atoms with Crippen LogP contribution < -0.4 is 20.1 Å². The topological polar surface area (TPSA) is 59.6 Å². The number of para-hydroxylation sites is 1. The highest BCUT2D eigenvalue weighted by atomic mass is 19.1. The minimum absolute atomic E-state index is 0.169. The van der Waals surface area contributed by atoms with E-state index in [1.165, 1.54) is 12.1 Å². The van der Waals surface area contributed by atoms with Gasteiger partial charge in [0.1, 0.15) is 5.82 Å². The average molecular weight is 332 g/mol. The molecule has 0 radical (unpaired) electrons. The number of anilines is 1. The van der Waals surface area contributed by atoms with Crippen molar-refractivity contribution in [1.82, 2.24) is 5.32 Å². The molecule has 0 bridgehead atoms. The second-order valence-corrected chi connectivity index (χ2v) is 5.26. The number of ether oxygens (including phenoxy) is 2. The molecule has 0 saturated carbocycles. The van der Waals surface area contributed by atoms with E-state index < -0.39 is 11.9 Å². The zero-order valence-corrected chi connectivity index (χ0v) is 13.9. The third-order valence-electron chi connectivity index (χ3n) is 3.59. The van der Waals surface area contributed by atoms with Gasteiger partial charge in [-0.05, 0) is 36.8 Å². The molecule has 0 unspecified atom stereocenters. The monoisotopic (exact) mass is 332 g/mol. The Morgan fingerprint density at radius 2 is 1.83 bits per heavy atom. The number of rotatable bonds is 7. The van der Waals surface area contributed by atoms with Crippen LogP contribution in [0.3, 0.4) is 0 Å². The van der Waals surface area contributed by atoms with E-state index in [9.17, 15) is 9.18 Å². The minimum atomic E-state index is -0.488. The van der Waals surface area contributed by atoms with Crippen molar-refractivity contribution in [2.45, 2.75) is 19.5 Å². The Kier molecular flexibility index (Phi) is 6.14. The zero-order valence-electron chi connectivity index (χ0n) is 13.9. The van der Waals surface area contributed by atoms with E-state index in [4.69, 9.17) is 9.47 Å². The first-order chi connectivity index (χ1) is 11.5. The fourth-order valence-electron chi connectivity index (χ4n) is 2.16. The molecule has 2 aromatic carbocycles. The van der Waals surface area contributed by atoms with Crippen molar-refractivity contribution in [2.24, 2.45) is 0 Å². The highest BCUT2D eigenvalue weighted by molar-refractivity contribution is 5.94. The molecule has 128 valence electrons. The smallest absolute Gasteiger partial charge is 0.241 e. The Morgan fingerprint density at radius 1 is 1.12 bits per heavy atom. The number of methoxy groups -OCH3 is 2. The molecule has 6 heteroatoms. The normalized spacial score (nSPS) is 11.7. The molecule has 5 nitrogen and oxygen atoms in total. The van der Waals surface area contributed by atoms with Gasteiger partial charge >= 0.3 is 0 Å². The van der Waals surface area contributed by atoms with Gasteiger partial charge in [-0.2, -0.15) is 0 Å². The number of halogens is 1. The Hall–Kier alpha value is -2.60. The van der Waals surface area contributed by atoms with Crippen LogP contribution in [-0.2, 0) is 11.3 Å². The van der Waals surface area contributed by atoms with Gasteiger partial charge in [-0.1, -0.05) is 18.2 Å². The predicted octanol–water partition coefficient (Wildman–Crippen LogP) is 2.96. The van der Waals surface area contributed by atoms with Crippen molar-refractivity contribution < 1.29 is 18.7 Å². The molecule has 0 heterocycles. The van der Waals surface area contributed by atoms with Crippen LogP contribution in [-0.4, -0.2) is 26.2 Å². The molecule has 1 atom stereocenters. The number of amides is 1. The molecule has 0 aliphatic carbocycles. The lowest BCUT2D eigenvalue weighted by molar-refractivity contribution is -0.117. The molecule has 0 aromatic heterocycles. The lowest BCUT2D eigenvalue weighted by Crippen LogP contribution is -2.37. The Morgan fingerprint density at radius 3 is 2.50 bits per heavy atom. The molecule has 2 rings (SSSR count). The van der Waals surface area contributed by atoms with Gasteiger partial charge in [0.25, 0.3) is 0 Å². The van der Waals surface area contributed by atoms with Crippen LogP contribution in [0.2, 0.25) is 0 Å². The summed E-state index contributed by atoms with van der Waals surface area (Å²) in [6.45, 7) is 2.18. The van der Waals surface area contributed by atoms with Crippen molar-refractivity contribution in [2.75, 3.05) is 19.5 Å². The van der Waals surface area contributed by atoms with Gasteiger partial charge in [0.15, 0.2) is 11.5 Å². The van der Waals surface area contributed by atoms with Crippen LogP contribution in [0.1, 0.15) is 12.5 Å². The maximum absolute atomic E-state index is 13.6. The first-order valence-electron chi connectivity index (χ1n) is 7.55. The summed E-state index contributed by atoms with van der Waals surface area (Å²) in [5.74, 6) is 0.505. The zero-order chi connectivity index (χ0) is 17.5. The summed E-state index contributed by atoms with van der Waals surface area (Å²) in [5.41, 5.74) is 1.11. The molecule has 0 fully saturated rings. The highest BCUT2D eigenvalue weighted by Crippen LogP contribution is 2.27. The fourth-order valence-corrected chi connectivity index (χ4v) is 2.16. The molecule has 2 aromatic rings. The molecule has 0 aliphatic rings. The van der Waals surface area contributed by atoms with Gasteiger partial charge in [-0.25, -0.2) is 4.39 Å². The van der Waals surface area contributed by atoms with Gasteiger partial charge in [0.05, 0.1) is 25.9 Å². The van der Waals surface area contributed by atoms with Crippen molar-refractivity contribution in [3.05, 3.63) is 53.8 Å². The van der Waals surface area contributed by atoms with E-state index in [2.05, 4.69) is 10.6 Å². The molecular formula is C18H21FN2O3. The first-order valence-corrected chi connectivity index (χ1v) is 7.55. The number of carbonyl (C=O) groups is 1. The highest BCUT2D eigenvalue weighted by Gasteiger charge is 2.14. The van der Waals surface area contributed by atoms with Crippen molar-refractivity contribution >= 4 is 11.6 Å². The number of hydrogen-bond acceptors (Lipinski definition) is 4. The third-order valence-corrected chi connectivity index (χ3v) is 3.59. The summed E-state index contributed by atoms with van der Waals surface area (Å²) in [5, 5.41) is 5.66. The largest absolute Gasteiger partial charge is 0.493 e. The molecule has 0 aliphatic heterocycles. The molecular weight excluding hydrogens is 311 g/mol. The maximum Gasteiger partial charge on any atom is 0.241 e. The van der Waals surface area contributed by atoms with Crippen molar-refractivity contribution in [3.63, 3.8) is 0 Å². The second kappa shape index (κ2) is 8.31. The fraction of sp³-hybridized carbons (Fsp3) is 0.278.